The molecule has 0 bridgehead atoms. The number of hydrogen-bond acceptors (Lipinski definition) is 3. The molecule has 0 aliphatic heterocycles. The first kappa shape index (κ1) is 11.7. The highest BCUT2D eigenvalue weighted by Crippen LogP contribution is 2.25. The topological polar surface area (TPSA) is 59.1 Å². The van der Waals surface area contributed by atoms with E-state index < -0.39 is 12.1 Å². The summed E-state index contributed by atoms with van der Waals surface area (Å²) in [5.41, 5.74) is 7.25. The molecule has 0 amide bonds. The smallest absolute Gasteiger partial charge is 0.123 e. The summed E-state index contributed by atoms with van der Waals surface area (Å²) in [6.07, 6.45) is 2.34. The summed E-state index contributed by atoms with van der Waals surface area (Å²) in [5.74, 6) is -0.322. The standard InChI is InChI=1S/C13H13FN2O/c14-11-5-3-9(4-6-11)12(15)13(17)10-2-1-7-16-8-10/h1-8,12-13,17H,15H2. The van der Waals surface area contributed by atoms with Gasteiger partial charge >= 0.3 is 0 Å². The second-order valence-electron chi connectivity index (χ2n) is 3.81. The summed E-state index contributed by atoms with van der Waals surface area (Å²) < 4.78 is 12.8. The SMILES string of the molecule is NC(c1ccc(F)cc1)C(O)c1cccnc1. The van der Waals surface area contributed by atoms with Gasteiger partial charge in [-0.1, -0.05) is 18.2 Å². The first-order valence-corrected chi connectivity index (χ1v) is 5.27. The van der Waals surface area contributed by atoms with Gasteiger partial charge < -0.3 is 10.8 Å². The maximum Gasteiger partial charge on any atom is 0.123 e. The van der Waals surface area contributed by atoms with E-state index >= 15 is 0 Å². The predicted octanol–water partition coefficient (Wildman–Crippen LogP) is 1.95. The van der Waals surface area contributed by atoms with Gasteiger partial charge in [0.2, 0.25) is 0 Å². The molecule has 0 spiro atoms. The van der Waals surface area contributed by atoms with Crippen LogP contribution in [0.1, 0.15) is 23.3 Å². The van der Waals surface area contributed by atoms with Crippen LogP contribution in [0.5, 0.6) is 0 Å². The Morgan fingerprint density at radius 1 is 1.12 bits per heavy atom. The molecule has 0 radical (unpaired) electrons. The Kier molecular flexibility index (Phi) is 3.46. The van der Waals surface area contributed by atoms with Crippen LogP contribution in [0.2, 0.25) is 0 Å². The highest BCUT2D eigenvalue weighted by Gasteiger charge is 2.18. The van der Waals surface area contributed by atoms with E-state index in [-0.39, 0.29) is 5.82 Å². The predicted molar refractivity (Wildman–Crippen MR) is 62.5 cm³/mol. The molecule has 2 unspecified atom stereocenters. The number of halogens is 1. The molecular weight excluding hydrogens is 219 g/mol. The first-order chi connectivity index (χ1) is 8.18. The fourth-order valence-electron chi connectivity index (χ4n) is 1.63. The van der Waals surface area contributed by atoms with E-state index in [1.165, 1.54) is 12.1 Å². The zero-order chi connectivity index (χ0) is 12.3. The number of nitrogens with two attached hydrogens (primary N) is 1. The fraction of sp³-hybridized carbons (Fsp3) is 0.154. The lowest BCUT2D eigenvalue weighted by atomic mass is 9.98. The molecule has 2 aromatic rings. The Bertz CT molecular complexity index is 473. The zero-order valence-electron chi connectivity index (χ0n) is 9.12. The van der Waals surface area contributed by atoms with Crippen LogP contribution in [-0.4, -0.2) is 10.1 Å². The van der Waals surface area contributed by atoms with Crippen molar-refractivity contribution in [2.45, 2.75) is 12.1 Å². The molecule has 2 rings (SSSR count). The van der Waals surface area contributed by atoms with Crippen molar-refractivity contribution in [2.75, 3.05) is 0 Å². The fourth-order valence-corrected chi connectivity index (χ4v) is 1.63. The molecule has 3 N–H and O–H groups in total. The second kappa shape index (κ2) is 5.03. The largest absolute Gasteiger partial charge is 0.386 e. The van der Waals surface area contributed by atoms with Crippen molar-refractivity contribution >= 4 is 0 Å². The van der Waals surface area contributed by atoms with Crippen LogP contribution in [0.25, 0.3) is 0 Å². The number of hydrogen-bond donors (Lipinski definition) is 2. The average molecular weight is 232 g/mol. The van der Waals surface area contributed by atoms with Gasteiger partial charge in [0.15, 0.2) is 0 Å². The lowest BCUT2D eigenvalue weighted by Crippen LogP contribution is -2.19. The quantitative estimate of drug-likeness (QED) is 0.850. The summed E-state index contributed by atoms with van der Waals surface area (Å²) in [7, 11) is 0. The van der Waals surface area contributed by atoms with Crippen molar-refractivity contribution in [3.63, 3.8) is 0 Å². The van der Waals surface area contributed by atoms with Crippen molar-refractivity contribution in [2.24, 2.45) is 5.73 Å². The lowest BCUT2D eigenvalue weighted by Gasteiger charge is -2.19. The third-order valence-corrected chi connectivity index (χ3v) is 2.62. The number of rotatable bonds is 3. The van der Waals surface area contributed by atoms with Crippen LogP contribution in [0, 0.1) is 5.82 Å². The molecule has 1 aromatic heterocycles. The highest BCUT2D eigenvalue weighted by molar-refractivity contribution is 5.24. The Labute approximate surface area is 98.7 Å². The van der Waals surface area contributed by atoms with Gasteiger partial charge in [-0.05, 0) is 23.8 Å². The normalized spacial score (nSPS) is 14.3. The molecule has 4 heteroatoms. The molecule has 17 heavy (non-hydrogen) atoms. The molecule has 0 saturated carbocycles. The van der Waals surface area contributed by atoms with E-state index in [1.54, 1.807) is 36.7 Å². The number of aliphatic hydroxyl groups excluding tert-OH is 1. The highest BCUT2D eigenvalue weighted by atomic mass is 19.1. The number of benzene rings is 1. The van der Waals surface area contributed by atoms with Crippen molar-refractivity contribution in [3.8, 4) is 0 Å². The molecule has 2 atom stereocenters. The zero-order valence-corrected chi connectivity index (χ0v) is 9.12. The molecule has 0 aliphatic carbocycles. The van der Waals surface area contributed by atoms with E-state index in [9.17, 15) is 9.50 Å². The Balaban J connectivity index is 2.20. The lowest BCUT2D eigenvalue weighted by molar-refractivity contribution is 0.146. The van der Waals surface area contributed by atoms with Crippen molar-refractivity contribution in [1.29, 1.82) is 0 Å². The van der Waals surface area contributed by atoms with Crippen LogP contribution >= 0.6 is 0 Å². The third-order valence-electron chi connectivity index (χ3n) is 2.62. The van der Waals surface area contributed by atoms with Gasteiger partial charge in [0.1, 0.15) is 5.82 Å². The second-order valence-corrected chi connectivity index (χ2v) is 3.81. The van der Waals surface area contributed by atoms with E-state index in [1.807, 2.05) is 0 Å². The minimum absolute atomic E-state index is 0.322. The molecule has 1 aromatic carbocycles. The first-order valence-electron chi connectivity index (χ1n) is 5.27. The number of nitrogens with zero attached hydrogens (tertiary/aromatic N) is 1. The summed E-state index contributed by atoms with van der Waals surface area (Å²) in [6.45, 7) is 0. The number of aromatic nitrogens is 1. The van der Waals surface area contributed by atoms with Crippen LogP contribution in [0.15, 0.2) is 48.8 Å². The molecular formula is C13H13FN2O. The molecule has 88 valence electrons. The Morgan fingerprint density at radius 2 is 1.82 bits per heavy atom. The summed E-state index contributed by atoms with van der Waals surface area (Å²) in [6, 6.07) is 8.67. The summed E-state index contributed by atoms with van der Waals surface area (Å²) in [5, 5.41) is 10.1. The van der Waals surface area contributed by atoms with Gasteiger partial charge in [0.25, 0.3) is 0 Å². The molecule has 0 saturated heterocycles. The minimum atomic E-state index is -0.853. The minimum Gasteiger partial charge on any atom is -0.386 e. The van der Waals surface area contributed by atoms with Gasteiger partial charge in [0.05, 0.1) is 12.1 Å². The van der Waals surface area contributed by atoms with Crippen LogP contribution in [0.3, 0.4) is 0 Å². The monoisotopic (exact) mass is 232 g/mol. The molecule has 0 fully saturated rings. The summed E-state index contributed by atoms with van der Waals surface area (Å²) in [4.78, 5) is 3.92. The van der Waals surface area contributed by atoms with Gasteiger partial charge in [-0.2, -0.15) is 0 Å². The van der Waals surface area contributed by atoms with E-state index in [2.05, 4.69) is 4.98 Å². The number of aliphatic hydroxyl groups is 1. The molecule has 0 aliphatic rings. The van der Waals surface area contributed by atoms with E-state index in [4.69, 9.17) is 5.73 Å². The van der Waals surface area contributed by atoms with Crippen LogP contribution < -0.4 is 5.73 Å². The Morgan fingerprint density at radius 3 is 2.41 bits per heavy atom. The average Bonchev–Trinajstić information content (AvgIpc) is 2.39. The maximum atomic E-state index is 12.8. The molecule has 3 nitrogen and oxygen atoms in total. The van der Waals surface area contributed by atoms with Gasteiger partial charge in [-0.15, -0.1) is 0 Å². The van der Waals surface area contributed by atoms with Crippen LogP contribution in [-0.2, 0) is 0 Å². The van der Waals surface area contributed by atoms with Crippen molar-refractivity contribution < 1.29 is 9.50 Å². The van der Waals surface area contributed by atoms with Crippen molar-refractivity contribution in [1.82, 2.24) is 4.98 Å². The molecule has 1 heterocycles. The van der Waals surface area contributed by atoms with Crippen LogP contribution in [0.4, 0.5) is 4.39 Å². The third kappa shape index (κ3) is 2.67. The Hall–Kier alpha value is -1.78. The van der Waals surface area contributed by atoms with E-state index in [0.717, 1.165) is 0 Å². The summed E-state index contributed by atoms with van der Waals surface area (Å²) >= 11 is 0. The van der Waals surface area contributed by atoms with E-state index in [0.29, 0.717) is 11.1 Å². The van der Waals surface area contributed by atoms with Gasteiger partial charge in [0, 0.05) is 18.0 Å². The maximum absolute atomic E-state index is 12.8. The number of pyridine rings is 1. The van der Waals surface area contributed by atoms with Gasteiger partial charge in [-0.25, -0.2) is 4.39 Å². The van der Waals surface area contributed by atoms with Crippen molar-refractivity contribution in [3.05, 3.63) is 65.7 Å². The van der Waals surface area contributed by atoms with Gasteiger partial charge in [-0.3, -0.25) is 4.98 Å².